The number of nitrogens with one attached hydrogen (secondary N) is 3. The Morgan fingerprint density at radius 3 is 1.52 bits per heavy atom. The fraction of sp³-hybridized carbons (Fsp3) is 0.636. The summed E-state index contributed by atoms with van der Waals surface area (Å²) in [6, 6.07) is 0.715. The van der Waals surface area contributed by atoms with E-state index in [9.17, 15) is 19.2 Å². The molecule has 0 spiro atoms. The van der Waals surface area contributed by atoms with Gasteiger partial charge in [-0.3, -0.25) is 19.2 Å². The standard InChI is InChI=1S/C22H31N5O4.C16H25N5O.C6H8O4.ClH/c1-4-17-15(12-23-20(28)22(8-9-22)21(29)30-3)18(25-14-6-10-31-11-7-14)16-13-24-27(5-2)19(16)26-17;1-3-14-12(9-17)15(19-11-5-7-22-8-6-11)13-10-18-21(4-2)16(13)20-14;1-10-5(9)6(2-3-6)4(7)8;/h13-14H,4-12H2,1-3H3,(H,23,28)(H,25,26);10-11H,3-9,17H2,1-2H3,(H,19,20);2-3H2,1H3,(H,7,8);1H. The van der Waals surface area contributed by atoms with E-state index >= 15 is 0 Å². The van der Waals surface area contributed by atoms with Crippen LogP contribution in [0.1, 0.15) is 102 Å². The number of aliphatic carboxylic acids is 1. The minimum atomic E-state index is -1.19. The summed E-state index contributed by atoms with van der Waals surface area (Å²) in [5, 5.41) is 29.9. The highest BCUT2D eigenvalue weighted by molar-refractivity contribution is 6.05. The van der Waals surface area contributed by atoms with Gasteiger partial charge in [-0.25, -0.2) is 19.3 Å². The van der Waals surface area contributed by atoms with Gasteiger partial charge in [-0.1, -0.05) is 13.8 Å². The van der Waals surface area contributed by atoms with Crippen molar-refractivity contribution in [2.75, 3.05) is 51.3 Å². The highest BCUT2D eigenvalue weighted by Gasteiger charge is 2.59. The first-order valence-electron chi connectivity index (χ1n) is 22.3. The number of carboxylic acid groups (broad SMARTS) is 1. The van der Waals surface area contributed by atoms with E-state index in [1.807, 2.05) is 28.7 Å². The molecule has 0 unspecified atom stereocenters. The number of pyridine rings is 2. The van der Waals surface area contributed by atoms with Crippen LogP contribution >= 0.6 is 12.4 Å². The highest BCUT2D eigenvalue weighted by atomic mass is 35.5. The number of esters is 2. The second-order valence-electron chi connectivity index (χ2n) is 16.3. The van der Waals surface area contributed by atoms with Crippen LogP contribution in [-0.4, -0.2) is 111 Å². The Labute approximate surface area is 379 Å². The van der Waals surface area contributed by atoms with E-state index < -0.39 is 28.7 Å². The minimum Gasteiger partial charge on any atom is -0.480 e. The van der Waals surface area contributed by atoms with E-state index in [1.54, 1.807) is 0 Å². The van der Waals surface area contributed by atoms with E-state index in [2.05, 4.69) is 51.7 Å². The maximum Gasteiger partial charge on any atom is 0.323 e. The number of anilines is 2. The van der Waals surface area contributed by atoms with Crippen molar-refractivity contribution in [3.05, 3.63) is 34.9 Å². The molecule has 1 amide bonds. The molecule has 0 radical (unpaired) electrons. The van der Waals surface area contributed by atoms with Crippen LogP contribution in [0.2, 0.25) is 0 Å². The van der Waals surface area contributed by atoms with E-state index in [-0.39, 0.29) is 24.4 Å². The molecule has 0 bridgehead atoms. The van der Waals surface area contributed by atoms with Gasteiger partial charge >= 0.3 is 17.9 Å². The molecule has 2 aliphatic carbocycles. The van der Waals surface area contributed by atoms with E-state index in [4.69, 9.17) is 35.0 Å². The van der Waals surface area contributed by atoms with Crippen molar-refractivity contribution in [3.8, 4) is 0 Å². The molecule has 20 heteroatoms. The van der Waals surface area contributed by atoms with Gasteiger partial charge in [0.2, 0.25) is 5.91 Å². The van der Waals surface area contributed by atoms with Crippen molar-refractivity contribution in [3.63, 3.8) is 0 Å². The maximum absolute atomic E-state index is 12.8. The lowest BCUT2D eigenvalue weighted by atomic mass is 10.0. The van der Waals surface area contributed by atoms with Crippen molar-refractivity contribution in [2.45, 2.75) is 130 Å². The number of hydrogen-bond donors (Lipinski definition) is 5. The predicted octanol–water partition coefficient (Wildman–Crippen LogP) is 4.68. The zero-order chi connectivity index (χ0) is 45.3. The zero-order valence-electron chi connectivity index (χ0n) is 37.9. The third-order valence-electron chi connectivity index (χ3n) is 12.5. The van der Waals surface area contributed by atoms with E-state index in [1.165, 1.54) is 14.2 Å². The summed E-state index contributed by atoms with van der Waals surface area (Å²) < 4.78 is 24.0. The second-order valence-corrected chi connectivity index (χ2v) is 16.3. The Balaban J connectivity index is 0.000000203. The smallest absolute Gasteiger partial charge is 0.323 e. The van der Waals surface area contributed by atoms with Crippen LogP contribution in [0.3, 0.4) is 0 Å². The largest absolute Gasteiger partial charge is 0.480 e. The molecule has 8 rings (SSSR count). The summed E-state index contributed by atoms with van der Waals surface area (Å²) in [5.74, 6) is -2.43. The van der Waals surface area contributed by atoms with Gasteiger partial charge in [-0.2, -0.15) is 10.2 Å². The predicted molar refractivity (Wildman–Crippen MR) is 242 cm³/mol. The van der Waals surface area contributed by atoms with Gasteiger partial charge in [-0.05, 0) is 78.1 Å². The Bertz CT molecular complexity index is 2260. The van der Waals surface area contributed by atoms with Gasteiger partial charge in [-0.15, -0.1) is 12.4 Å². The first-order valence-corrected chi connectivity index (χ1v) is 22.3. The van der Waals surface area contributed by atoms with Crippen LogP contribution in [0.25, 0.3) is 22.1 Å². The summed E-state index contributed by atoms with van der Waals surface area (Å²) in [7, 11) is 2.52. The monoisotopic (exact) mass is 912 g/mol. The number of halogens is 1. The molecule has 4 fully saturated rings. The van der Waals surface area contributed by atoms with Crippen molar-refractivity contribution in [1.29, 1.82) is 0 Å². The van der Waals surface area contributed by atoms with Gasteiger partial charge in [0, 0.05) is 87.2 Å². The molecular formula is C44H65ClN10O9. The molecule has 4 aromatic heterocycles. The summed E-state index contributed by atoms with van der Waals surface area (Å²) in [5.41, 5.74) is 11.8. The van der Waals surface area contributed by atoms with Crippen LogP contribution in [0.4, 0.5) is 11.4 Å². The number of hydrogen-bond acceptors (Lipinski definition) is 15. The molecular weight excluding hydrogens is 848 g/mol. The van der Waals surface area contributed by atoms with Crippen LogP contribution in [-0.2, 0) is 77.1 Å². The number of aryl methyl sites for hydroxylation is 4. The number of carboxylic acids is 1. The lowest BCUT2D eigenvalue weighted by Gasteiger charge is -2.27. The summed E-state index contributed by atoms with van der Waals surface area (Å²) in [4.78, 5) is 55.7. The number of methoxy groups -OCH3 is 2. The maximum atomic E-state index is 12.8. The normalized spacial score (nSPS) is 17.4. The first-order chi connectivity index (χ1) is 30.4. The molecule has 0 atom stereocenters. The van der Waals surface area contributed by atoms with Crippen molar-refractivity contribution < 1.29 is 43.2 Å². The van der Waals surface area contributed by atoms with Crippen LogP contribution < -0.4 is 21.7 Å². The average Bonchev–Trinajstić information content (AvgIpc) is 4.23. The summed E-state index contributed by atoms with van der Waals surface area (Å²) >= 11 is 0. The molecule has 352 valence electrons. The lowest BCUT2D eigenvalue weighted by Crippen LogP contribution is -2.38. The number of nitrogens with zero attached hydrogens (tertiary/aromatic N) is 6. The number of ether oxygens (including phenoxy) is 4. The van der Waals surface area contributed by atoms with E-state index in [0.29, 0.717) is 44.8 Å². The fourth-order valence-corrected chi connectivity index (χ4v) is 8.24. The number of carbonyl (C=O) groups is 4. The summed E-state index contributed by atoms with van der Waals surface area (Å²) in [6.07, 6.45) is 11.1. The van der Waals surface area contributed by atoms with Crippen LogP contribution in [0.15, 0.2) is 12.4 Å². The van der Waals surface area contributed by atoms with Gasteiger partial charge in [0.1, 0.15) is 5.41 Å². The van der Waals surface area contributed by atoms with Crippen molar-refractivity contribution in [2.24, 2.45) is 16.6 Å². The molecule has 6 heterocycles. The Morgan fingerprint density at radius 1 is 0.734 bits per heavy atom. The van der Waals surface area contributed by atoms with Crippen LogP contribution in [0, 0.1) is 10.8 Å². The van der Waals surface area contributed by atoms with Gasteiger partial charge in [0.15, 0.2) is 16.7 Å². The average molecular weight is 914 g/mol. The van der Waals surface area contributed by atoms with Crippen molar-refractivity contribution in [1.82, 2.24) is 34.8 Å². The molecule has 2 saturated carbocycles. The lowest BCUT2D eigenvalue weighted by molar-refractivity contribution is -0.159. The SMILES string of the molecule is CCc1nc2c(cnn2CC)c(NC2CCOCC2)c1CN.CCc1nc2c(cnn2CC)c(NC2CCOCC2)c1CNC(=O)C1(C(=O)OC)CC1.COC(=O)C1(C(=O)O)CC1.Cl. The third kappa shape index (κ3) is 10.5. The molecule has 19 nitrogen and oxygen atoms in total. The Hall–Kier alpha value is -5.11. The van der Waals surface area contributed by atoms with Gasteiger partial charge in [0.05, 0.1) is 48.8 Å². The molecule has 64 heavy (non-hydrogen) atoms. The third-order valence-corrected chi connectivity index (χ3v) is 12.5. The highest BCUT2D eigenvalue weighted by Crippen LogP contribution is 2.47. The molecule has 2 aliphatic heterocycles. The van der Waals surface area contributed by atoms with E-state index in [0.717, 1.165) is 134 Å². The number of rotatable bonds is 15. The zero-order valence-corrected chi connectivity index (χ0v) is 38.7. The molecule has 2 saturated heterocycles. The molecule has 4 aromatic rings. The summed E-state index contributed by atoms with van der Waals surface area (Å²) in [6.45, 7) is 13.7. The number of nitrogens with two attached hydrogens (primary N) is 1. The fourth-order valence-electron chi connectivity index (χ4n) is 8.24. The number of aromatic nitrogens is 6. The second kappa shape index (κ2) is 22.2. The topological polar surface area (TPSA) is 249 Å². The van der Waals surface area contributed by atoms with Gasteiger partial charge < -0.3 is 45.7 Å². The Morgan fingerprint density at radius 2 is 1.16 bits per heavy atom. The molecule has 4 aliphatic rings. The quantitative estimate of drug-likeness (QED) is 0.0802. The van der Waals surface area contributed by atoms with Gasteiger partial charge in [0.25, 0.3) is 0 Å². The number of amides is 1. The number of carbonyl (C=O) groups excluding carboxylic acids is 3. The van der Waals surface area contributed by atoms with Crippen LogP contribution in [0.5, 0.6) is 0 Å². The first kappa shape index (κ1) is 49.9. The number of fused-ring (bicyclic) bond motifs is 2. The molecule has 6 N–H and O–H groups in total. The Kier molecular flexibility index (Phi) is 17.3. The molecule has 0 aromatic carbocycles. The minimum absolute atomic E-state index is 0. The van der Waals surface area contributed by atoms with Crippen molar-refractivity contribution >= 4 is 69.7 Å².